The van der Waals surface area contributed by atoms with E-state index in [2.05, 4.69) is 47.6 Å². The summed E-state index contributed by atoms with van der Waals surface area (Å²) in [6.45, 7) is 15.4. The van der Waals surface area contributed by atoms with Gasteiger partial charge in [0.05, 0.1) is 38.1 Å². The minimum Gasteiger partial charge on any atom is -0.394 e. The van der Waals surface area contributed by atoms with Gasteiger partial charge in [0.2, 0.25) is 0 Å². The van der Waals surface area contributed by atoms with Gasteiger partial charge < -0.3 is 69.3 Å². The van der Waals surface area contributed by atoms with Gasteiger partial charge in [0.25, 0.3) is 0 Å². The standard InChI is InChI=1S/C42H68O14/c1-20(2)14-21-17-51-42-18-41(19-52-42)22(34(42)40(21,7)50)8-9-26-38(5)12-11-27(37(3,4)25(38)10-13-39(26,41)6)55-36-32(49)33(29(46)24(16-44)54-36)56-35-31(48)30(47)28(45)23(15-43)53-35/h14,21-36,43-50H,8-13,15-19H2,1-7H3/t21-,22?,23-,24-,25+,26-,27+,28-,29-,30+,31-,32-,33+,34?,35+,36+,38+,39-,40+,41+,42-/m1/s1. The fourth-order valence-corrected chi connectivity index (χ4v) is 14.6. The van der Waals surface area contributed by atoms with Crippen molar-refractivity contribution >= 4 is 0 Å². The second-order valence-corrected chi connectivity index (χ2v) is 20.5. The highest BCUT2D eigenvalue weighted by Crippen LogP contribution is 2.80. The largest absolute Gasteiger partial charge is 0.394 e. The first-order valence-electron chi connectivity index (χ1n) is 21.1. The van der Waals surface area contributed by atoms with E-state index in [-0.39, 0.29) is 45.5 Å². The summed E-state index contributed by atoms with van der Waals surface area (Å²) in [5.74, 6) is 0.0262. The SMILES string of the molecule is CC(C)=C[C@@H]1CO[C@]23C[C@]4(CO2)C(CC[C@@H]2[C@@]5(C)CC[C@H](O[C@@H]6O[C@H](CO)[C@@H](O)[C@H](O[C@@H]7O[C@H](CO)[C@@H](O)[C@H](O)[C@H]7O)[C@H]6O)C(C)(C)[C@@H]5CC[C@]24C)C3[C@@]1(C)O. The summed E-state index contributed by atoms with van der Waals surface area (Å²) in [4.78, 5) is 0. The van der Waals surface area contributed by atoms with E-state index >= 15 is 0 Å². The molecule has 8 fully saturated rings. The molecule has 320 valence electrons. The molecule has 0 aromatic heterocycles. The second kappa shape index (κ2) is 14.1. The molecule has 4 heterocycles. The Kier molecular flexibility index (Phi) is 10.6. The van der Waals surface area contributed by atoms with Crippen molar-refractivity contribution in [1.82, 2.24) is 0 Å². The van der Waals surface area contributed by atoms with Crippen LogP contribution in [0.25, 0.3) is 0 Å². The molecule has 14 nitrogen and oxygen atoms in total. The highest BCUT2D eigenvalue weighted by Gasteiger charge is 2.81. The van der Waals surface area contributed by atoms with Crippen LogP contribution in [-0.2, 0) is 28.4 Å². The van der Waals surface area contributed by atoms with Crippen LogP contribution < -0.4 is 0 Å². The minimum absolute atomic E-state index is 0.0284. The molecule has 2 bridgehead atoms. The van der Waals surface area contributed by atoms with E-state index in [0.29, 0.717) is 31.5 Å². The molecule has 0 aromatic rings. The van der Waals surface area contributed by atoms with E-state index in [0.717, 1.165) is 38.5 Å². The van der Waals surface area contributed by atoms with Gasteiger partial charge in [-0.05, 0) is 93.3 Å². The molecular weight excluding hydrogens is 728 g/mol. The van der Waals surface area contributed by atoms with Crippen LogP contribution in [0.5, 0.6) is 0 Å². The quantitative estimate of drug-likeness (QED) is 0.135. The molecule has 0 radical (unpaired) electrons. The van der Waals surface area contributed by atoms with Gasteiger partial charge in [-0.3, -0.25) is 0 Å². The highest BCUT2D eigenvalue weighted by atomic mass is 16.7. The molecule has 2 unspecified atom stereocenters. The van der Waals surface area contributed by atoms with Crippen LogP contribution >= 0.6 is 0 Å². The third kappa shape index (κ3) is 5.79. The Bertz CT molecular complexity index is 1500. The summed E-state index contributed by atoms with van der Waals surface area (Å²) in [5.41, 5.74) is -0.302. The lowest BCUT2D eigenvalue weighted by atomic mass is 9.35. The van der Waals surface area contributed by atoms with E-state index in [9.17, 15) is 40.9 Å². The highest BCUT2D eigenvalue weighted by molar-refractivity contribution is 5.27. The summed E-state index contributed by atoms with van der Waals surface area (Å²) in [7, 11) is 0. The van der Waals surface area contributed by atoms with Crippen molar-refractivity contribution in [2.75, 3.05) is 26.4 Å². The van der Waals surface area contributed by atoms with Crippen molar-refractivity contribution in [2.45, 2.75) is 172 Å². The van der Waals surface area contributed by atoms with Crippen LogP contribution in [0.3, 0.4) is 0 Å². The molecule has 21 atom stereocenters. The van der Waals surface area contributed by atoms with Gasteiger partial charge in [0.1, 0.15) is 48.8 Å². The number of fused-ring (bicyclic) bond motifs is 4. The first kappa shape index (κ1) is 41.9. The Balaban J connectivity index is 1.01. The van der Waals surface area contributed by atoms with E-state index in [1.165, 1.54) is 5.57 Å². The second-order valence-electron chi connectivity index (χ2n) is 20.5. The Labute approximate surface area is 330 Å². The Morgan fingerprint density at radius 1 is 0.732 bits per heavy atom. The number of hydrogen-bond acceptors (Lipinski definition) is 14. The first-order valence-corrected chi connectivity index (χ1v) is 21.1. The lowest BCUT2D eigenvalue weighted by Crippen LogP contribution is -2.68. The van der Waals surface area contributed by atoms with Gasteiger partial charge in [0, 0.05) is 23.7 Å². The monoisotopic (exact) mass is 796 g/mol. The fraction of sp³-hybridized carbons (Fsp3) is 0.952. The summed E-state index contributed by atoms with van der Waals surface area (Å²) in [6.07, 6.45) is -6.79. The van der Waals surface area contributed by atoms with E-state index in [1.54, 1.807) is 0 Å². The van der Waals surface area contributed by atoms with E-state index in [1.807, 2.05) is 6.92 Å². The molecule has 14 heteroatoms. The van der Waals surface area contributed by atoms with Gasteiger partial charge in [-0.2, -0.15) is 0 Å². The Morgan fingerprint density at radius 3 is 2.05 bits per heavy atom. The van der Waals surface area contributed by atoms with Crippen LogP contribution in [0, 0.1) is 51.2 Å². The van der Waals surface area contributed by atoms with Crippen LogP contribution in [-0.4, -0.2) is 146 Å². The first-order chi connectivity index (χ1) is 26.2. The van der Waals surface area contributed by atoms with Gasteiger partial charge >= 0.3 is 0 Å². The molecule has 2 spiro atoms. The van der Waals surface area contributed by atoms with E-state index in [4.69, 9.17) is 28.4 Å². The van der Waals surface area contributed by atoms with Crippen LogP contribution in [0.2, 0.25) is 0 Å². The van der Waals surface area contributed by atoms with Crippen LogP contribution in [0.4, 0.5) is 0 Å². The van der Waals surface area contributed by atoms with Gasteiger partial charge in [-0.15, -0.1) is 0 Å². The molecule has 0 aromatic carbocycles. The van der Waals surface area contributed by atoms with Gasteiger partial charge in [0.15, 0.2) is 18.4 Å². The van der Waals surface area contributed by atoms with Crippen molar-refractivity contribution in [2.24, 2.45) is 51.2 Å². The zero-order valence-electron chi connectivity index (χ0n) is 34.1. The third-order valence-electron chi connectivity index (χ3n) is 17.3. The number of hydrogen-bond donors (Lipinski definition) is 8. The lowest BCUT2D eigenvalue weighted by molar-refractivity contribution is -0.370. The minimum atomic E-state index is -1.75. The van der Waals surface area contributed by atoms with Crippen LogP contribution in [0.15, 0.2) is 11.6 Å². The lowest BCUT2D eigenvalue weighted by Gasteiger charge is -2.70. The number of aliphatic hydroxyl groups excluding tert-OH is 7. The van der Waals surface area contributed by atoms with Crippen molar-refractivity contribution in [1.29, 1.82) is 0 Å². The van der Waals surface area contributed by atoms with Crippen LogP contribution in [0.1, 0.15) is 93.4 Å². The van der Waals surface area contributed by atoms with Gasteiger partial charge in [-0.1, -0.05) is 39.3 Å². The zero-order chi connectivity index (χ0) is 40.5. The molecule has 4 aliphatic carbocycles. The summed E-state index contributed by atoms with van der Waals surface area (Å²) in [6, 6.07) is 0. The average Bonchev–Trinajstić information content (AvgIpc) is 3.67. The van der Waals surface area contributed by atoms with E-state index < -0.39 is 86.0 Å². The van der Waals surface area contributed by atoms with Crippen molar-refractivity contribution in [3.8, 4) is 0 Å². The Morgan fingerprint density at radius 2 is 1.39 bits per heavy atom. The molecule has 8 rings (SSSR count). The molecule has 0 amide bonds. The number of allylic oxidation sites excluding steroid dienone is 1. The predicted octanol–water partition coefficient (Wildman–Crippen LogP) is 1.36. The molecular formula is C42H68O14. The van der Waals surface area contributed by atoms with Crippen molar-refractivity contribution < 1.29 is 69.3 Å². The van der Waals surface area contributed by atoms with Crippen molar-refractivity contribution in [3.63, 3.8) is 0 Å². The zero-order valence-corrected chi connectivity index (χ0v) is 34.1. The van der Waals surface area contributed by atoms with Crippen molar-refractivity contribution in [3.05, 3.63) is 11.6 Å². The number of rotatable bonds is 7. The maximum Gasteiger partial charge on any atom is 0.187 e. The number of aliphatic hydroxyl groups is 8. The number of ether oxygens (including phenoxy) is 6. The maximum atomic E-state index is 12.3. The summed E-state index contributed by atoms with van der Waals surface area (Å²) >= 11 is 0. The maximum absolute atomic E-state index is 12.3. The molecule has 4 aliphatic heterocycles. The molecule has 8 aliphatic rings. The Hall–Kier alpha value is -0.820. The fourth-order valence-electron chi connectivity index (χ4n) is 14.6. The summed E-state index contributed by atoms with van der Waals surface area (Å²) < 4.78 is 37.5. The predicted molar refractivity (Wildman–Crippen MR) is 198 cm³/mol. The van der Waals surface area contributed by atoms with Gasteiger partial charge in [-0.25, -0.2) is 0 Å². The molecule has 56 heavy (non-hydrogen) atoms. The smallest absolute Gasteiger partial charge is 0.187 e. The average molecular weight is 797 g/mol. The molecule has 4 saturated heterocycles. The molecule has 8 N–H and O–H groups in total. The third-order valence-corrected chi connectivity index (χ3v) is 17.3. The topological polar surface area (TPSA) is 217 Å². The summed E-state index contributed by atoms with van der Waals surface area (Å²) in [5, 5.41) is 86.1. The molecule has 4 saturated carbocycles. The normalized spacial score (nSPS) is 57.4.